The Morgan fingerprint density at radius 2 is 1.78 bits per heavy atom. The number of likely N-dealkylation sites (N-methyl/N-ethyl adjacent to an activating group) is 2. The molecule has 1 aromatic carbocycles. The van der Waals surface area contributed by atoms with Crippen LogP contribution < -0.4 is 0 Å². The van der Waals surface area contributed by atoms with Crippen LogP contribution in [0.2, 0.25) is 0 Å². The third-order valence-corrected chi connectivity index (χ3v) is 5.99. The van der Waals surface area contributed by atoms with Gasteiger partial charge in [-0.05, 0) is 43.2 Å². The lowest BCUT2D eigenvalue weighted by Crippen LogP contribution is -2.40. The number of rotatable bonds is 11. The molecule has 37 heavy (non-hydrogen) atoms. The summed E-state index contributed by atoms with van der Waals surface area (Å²) in [5, 5.41) is 0. The molecule has 1 aliphatic heterocycles. The Morgan fingerprint density at radius 3 is 2.41 bits per heavy atom. The van der Waals surface area contributed by atoms with Gasteiger partial charge in [0.15, 0.2) is 5.71 Å². The smallest absolute Gasteiger partial charge is 0.297 e. The zero-order valence-corrected chi connectivity index (χ0v) is 21.9. The molecule has 9 nitrogen and oxygen atoms in total. The molecule has 0 unspecified atom stereocenters. The van der Waals surface area contributed by atoms with Crippen LogP contribution in [-0.2, 0) is 27.3 Å². The molecule has 198 valence electrons. The predicted molar refractivity (Wildman–Crippen MR) is 137 cm³/mol. The molecular formula is C27H33FN4O5. The SMILES string of the molecule is CCCN(CCN(C)C(=O)C1=Nc2c(coc2C(=O)C(=O)N(C)C)CC=C1OC)Cc1ccc(F)cc1. The van der Waals surface area contributed by atoms with Gasteiger partial charge in [-0.1, -0.05) is 19.1 Å². The van der Waals surface area contributed by atoms with E-state index in [0.717, 1.165) is 23.4 Å². The van der Waals surface area contributed by atoms with Crippen LogP contribution in [0.3, 0.4) is 0 Å². The number of ether oxygens (including phenoxy) is 1. The highest BCUT2D eigenvalue weighted by atomic mass is 19.1. The van der Waals surface area contributed by atoms with Crippen molar-refractivity contribution in [2.75, 3.05) is 47.9 Å². The van der Waals surface area contributed by atoms with Crippen LogP contribution in [0.25, 0.3) is 0 Å². The van der Waals surface area contributed by atoms with Gasteiger partial charge in [0.25, 0.3) is 17.6 Å². The average Bonchev–Trinajstić information content (AvgIpc) is 3.19. The number of allylic oxidation sites excluding steroid dienone is 1. The van der Waals surface area contributed by atoms with E-state index in [0.29, 0.717) is 31.6 Å². The van der Waals surface area contributed by atoms with Gasteiger partial charge in [0, 0.05) is 46.3 Å². The van der Waals surface area contributed by atoms with Gasteiger partial charge in [-0.2, -0.15) is 0 Å². The summed E-state index contributed by atoms with van der Waals surface area (Å²) in [6.45, 7) is 4.51. The molecule has 0 saturated carbocycles. The van der Waals surface area contributed by atoms with Crippen molar-refractivity contribution in [3.8, 4) is 0 Å². The van der Waals surface area contributed by atoms with E-state index in [4.69, 9.17) is 9.15 Å². The Kier molecular flexibility index (Phi) is 9.35. The van der Waals surface area contributed by atoms with Crippen LogP contribution >= 0.6 is 0 Å². The lowest BCUT2D eigenvalue weighted by molar-refractivity contribution is -0.124. The van der Waals surface area contributed by atoms with Crippen molar-refractivity contribution in [3.05, 3.63) is 65.1 Å². The fourth-order valence-electron chi connectivity index (χ4n) is 3.92. The van der Waals surface area contributed by atoms with Gasteiger partial charge in [-0.3, -0.25) is 19.3 Å². The highest BCUT2D eigenvalue weighted by Crippen LogP contribution is 2.32. The van der Waals surface area contributed by atoms with Gasteiger partial charge in [-0.25, -0.2) is 9.38 Å². The summed E-state index contributed by atoms with van der Waals surface area (Å²) in [7, 11) is 6.06. The molecule has 0 aliphatic carbocycles. The van der Waals surface area contributed by atoms with Crippen molar-refractivity contribution in [2.45, 2.75) is 26.3 Å². The lowest BCUT2D eigenvalue weighted by Gasteiger charge is -2.26. The standard InChI is InChI=1S/C27H33FN4O5/c1-6-13-32(16-18-7-10-20(28)11-8-18)15-14-31(4)26(34)23-21(36-5)12-9-19-17-37-25(22(19)29-23)24(33)27(35)30(2)3/h7-8,10-12,17H,6,9,13-16H2,1-5H3. The molecule has 2 aromatic rings. The molecule has 1 aromatic heterocycles. The van der Waals surface area contributed by atoms with E-state index in [9.17, 15) is 18.8 Å². The molecule has 2 amide bonds. The van der Waals surface area contributed by atoms with Crippen LogP contribution in [0.5, 0.6) is 0 Å². The summed E-state index contributed by atoms with van der Waals surface area (Å²) >= 11 is 0. The zero-order chi connectivity index (χ0) is 27.1. The first-order valence-electron chi connectivity index (χ1n) is 12.1. The first-order chi connectivity index (χ1) is 17.7. The summed E-state index contributed by atoms with van der Waals surface area (Å²) < 4.78 is 24.1. The van der Waals surface area contributed by atoms with Gasteiger partial charge in [0.2, 0.25) is 5.76 Å². The fourth-order valence-corrected chi connectivity index (χ4v) is 3.92. The summed E-state index contributed by atoms with van der Waals surface area (Å²) in [6, 6.07) is 6.39. The molecule has 0 radical (unpaired) electrons. The van der Waals surface area contributed by atoms with Crippen molar-refractivity contribution in [3.63, 3.8) is 0 Å². The minimum Gasteiger partial charge on any atom is -0.495 e. The van der Waals surface area contributed by atoms with Crippen LogP contribution in [0.1, 0.15) is 35.0 Å². The van der Waals surface area contributed by atoms with Crippen molar-refractivity contribution >= 4 is 29.0 Å². The zero-order valence-electron chi connectivity index (χ0n) is 21.9. The normalized spacial score (nSPS) is 12.8. The Hall–Kier alpha value is -3.79. The molecule has 0 saturated heterocycles. The molecule has 3 rings (SSSR count). The van der Waals surface area contributed by atoms with Gasteiger partial charge in [0.05, 0.1) is 13.4 Å². The number of aliphatic imine (C=N–C) groups is 1. The third kappa shape index (κ3) is 6.71. The topological polar surface area (TPSA) is 95.7 Å². The van der Waals surface area contributed by atoms with Crippen molar-refractivity contribution in [1.29, 1.82) is 0 Å². The van der Waals surface area contributed by atoms with Crippen molar-refractivity contribution in [2.24, 2.45) is 4.99 Å². The van der Waals surface area contributed by atoms with E-state index < -0.39 is 17.6 Å². The minimum atomic E-state index is -0.841. The Bertz CT molecular complexity index is 1200. The quantitative estimate of drug-likeness (QED) is 0.339. The van der Waals surface area contributed by atoms with Crippen molar-refractivity contribution in [1.82, 2.24) is 14.7 Å². The molecule has 0 spiro atoms. The number of hydrogen-bond donors (Lipinski definition) is 0. The van der Waals surface area contributed by atoms with Gasteiger partial charge < -0.3 is 19.0 Å². The Morgan fingerprint density at radius 1 is 1.08 bits per heavy atom. The first kappa shape index (κ1) is 27.8. The molecule has 0 N–H and O–H groups in total. The number of hydrogen-bond acceptors (Lipinski definition) is 7. The minimum absolute atomic E-state index is 0.0251. The lowest BCUT2D eigenvalue weighted by atomic mass is 10.1. The maximum absolute atomic E-state index is 13.5. The maximum Gasteiger partial charge on any atom is 0.297 e. The first-order valence-corrected chi connectivity index (χ1v) is 12.1. The summed E-state index contributed by atoms with van der Waals surface area (Å²) in [5.41, 5.74) is 1.74. The molecule has 0 atom stereocenters. The predicted octanol–water partition coefficient (Wildman–Crippen LogP) is 3.22. The molecule has 2 heterocycles. The molecule has 0 fully saturated rings. The summed E-state index contributed by atoms with van der Waals surface area (Å²) in [4.78, 5) is 47.7. The van der Waals surface area contributed by atoms with Gasteiger partial charge in [0.1, 0.15) is 17.3 Å². The van der Waals surface area contributed by atoms with E-state index in [1.807, 2.05) is 0 Å². The number of Topliss-reactive ketones (excluding diaryl/α,β-unsaturated/α-hetero) is 1. The largest absolute Gasteiger partial charge is 0.495 e. The second kappa shape index (κ2) is 12.4. The maximum atomic E-state index is 13.5. The molecule has 10 heteroatoms. The summed E-state index contributed by atoms with van der Waals surface area (Å²) in [5.74, 6) is -2.19. The van der Waals surface area contributed by atoms with Crippen LogP contribution in [-0.4, -0.2) is 85.9 Å². The van der Waals surface area contributed by atoms with E-state index in [1.165, 1.54) is 44.5 Å². The van der Waals surface area contributed by atoms with E-state index >= 15 is 0 Å². The fraction of sp³-hybridized carbons (Fsp3) is 0.407. The van der Waals surface area contributed by atoms with E-state index in [1.54, 1.807) is 25.3 Å². The third-order valence-electron chi connectivity index (χ3n) is 5.99. The average molecular weight is 513 g/mol. The highest BCUT2D eigenvalue weighted by Gasteiger charge is 2.31. The summed E-state index contributed by atoms with van der Waals surface area (Å²) in [6.07, 6.45) is 4.31. The van der Waals surface area contributed by atoms with E-state index in [2.05, 4.69) is 16.8 Å². The van der Waals surface area contributed by atoms with E-state index in [-0.39, 0.29) is 28.7 Å². The molecule has 1 aliphatic rings. The number of methoxy groups -OCH3 is 1. The molecular weight excluding hydrogens is 479 g/mol. The number of halogens is 1. The number of carbonyl (C=O) groups is 3. The number of furan rings is 1. The van der Waals surface area contributed by atoms with Gasteiger partial charge >= 0.3 is 0 Å². The number of nitrogens with zero attached hydrogens (tertiary/aromatic N) is 4. The highest BCUT2D eigenvalue weighted by molar-refractivity contribution is 6.46. The second-order valence-corrected chi connectivity index (χ2v) is 9.03. The number of amides is 2. The number of fused-ring (bicyclic) bond motifs is 1. The number of benzene rings is 1. The Labute approximate surface area is 216 Å². The van der Waals surface area contributed by atoms with Crippen LogP contribution in [0.4, 0.5) is 10.1 Å². The number of carbonyl (C=O) groups excluding carboxylic acids is 3. The molecule has 0 bridgehead atoms. The Balaban J connectivity index is 1.80. The monoisotopic (exact) mass is 512 g/mol. The van der Waals surface area contributed by atoms with Crippen LogP contribution in [0.15, 0.2) is 51.8 Å². The van der Waals surface area contributed by atoms with Crippen LogP contribution in [0, 0.1) is 5.82 Å². The van der Waals surface area contributed by atoms with Crippen molar-refractivity contribution < 1.29 is 27.9 Å². The number of ketones is 1. The van der Waals surface area contributed by atoms with Gasteiger partial charge in [-0.15, -0.1) is 0 Å². The second-order valence-electron chi connectivity index (χ2n) is 9.03.